The molecule has 0 unspecified atom stereocenters. The molecule has 25 heavy (non-hydrogen) atoms. The van der Waals surface area contributed by atoms with Crippen LogP contribution in [0.15, 0.2) is 41.4 Å². The van der Waals surface area contributed by atoms with Gasteiger partial charge >= 0.3 is 0 Å². The summed E-state index contributed by atoms with van der Waals surface area (Å²) >= 11 is 0. The van der Waals surface area contributed by atoms with Crippen molar-refractivity contribution in [3.63, 3.8) is 0 Å². The lowest BCUT2D eigenvalue weighted by atomic mass is 9.96. The number of hydrogen-bond donors (Lipinski definition) is 3. The number of nitriles is 1. The van der Waals surface area contributed by atoms with E-state index in [1.54, 1.807) is 12.3 Å². The van der Waals surface area contributed by atoms with Gasteiger partial charge < -0.3 is 22.1 Å². The molecule has 1 aromatic rings. The molecule has 0 amide bonds. The zero-order valence-electron chi connectivity index (χ0n) is 14.6. The van der Waals surface area contributed by atoms with Crippen LogP contribution in [0.25, 0.3) is 5.57 Å². The van der Waals surface area contributed by atoms with E-state index in [-0.39, 0.29) is 11.7 Å². The smallest absolute Gasteiger partial charge is 0.140 e. The normalized spacial score (nSPS) is 17.0. The van der Waals surface area contributed by atoms with E-state index in [0.29, 0.717) is 36.9 Å². The number of rotatable bonds is 4. The Morgan fingerprint density at radius 3 is 2.56 bits per heavy atom. The van der Waals surface area contributed by atoms with Crippen molar-refractivity contribution in [2.45, 2.75) is 26.2 Å². The highest BCUT2D eigenvalue weighted by Gasteiger charge is 2.25. The van der Waals surface area contributed by atoms with Crippen molar-refractivity contribution >= 4 is 17.2 Å². The summed E-state index contributed by atoms with van der Waals surface area (Å²) in [5.41, 5.74) is 20.1. The van der Waals surface area contributed by atoms with Crippen LogP contribution in [0.1, 0.15) is 31.7 Å². The van der Waals surface area contributed by atoms with Crippen LogP contribution in [0.3, 0.4) is 0 Å². The van der Waals surface area contributed by atoms with Gasteiger partial charge in [-0.2, -0.15) is 5.26 Å². The van der Waals surface area contributed by atoms with Crippen molar-refractivity contribution in [3.8, 4) is 6.07 Å². The van der Waals surface area contributed by atoms with E-state index in [2.05, 4.69) is 27.5 Å². The molecule has 1 aliphatic rings. The van der Waals surface area contributed by atoms with Crippen LogP contribution in [0.4, 0.5) is 5.82 Å². The molecule has 1 aliphatic heterocycles. The SMILES string of the molecule is C=C(N)/N=C(\C(=C(/N)CC)c1ccc(N)nc1)N1CCC(C#N)CC1. The number of allylic oxidation sites excluding steroid dienone is 1. The Bertz CT molecular complexity index is 717. The Kier molecular flexibility index (Phi) is 6.01. The summed E-state index contributed by atoms with van der Waals surface area (Å²) in [7, 11) is 0. The zero-order chi connectivity index (χ0) is 18.4. The van der Waals surface area contributed by atoms with Gasteiger partial charge in [-0.25, -0.2) is 9.98 Å². The molecule has 0 atom stereocenters. The second-order valence-corrected chi connectivity index (χ2v) is 6.04. The topological polar surface area (TPSA) is 130 Å². The van der Waals surface area contributed by atoms with Crippen LogP contribution < -0.4 is 17.2 Å². The second kappa shape index (κ2) is 8.20. The molecule has 0 aliphatic carbocycles. The van der Waals surface area contributed by atoms with Crippen LogP contribution in [0, 0.1) is 17.2 Å². The molecule has 132 valence electrons. The van der Waals surface area contributed by atoms with Crippen molar-refractivity contribution in [2.24, 2.45) is 22.4 Å². The first-order chi connectivity index (χ1) is 12.0. The summed E-state index contributed by atoms with van der Waals surface area (Å²) in [5.74, 6) is 1.40. The lowest BCUT2D eigenvalue weighted by molar-refractivity contribution is 0.304. The van der Waals surface area contributed by atoms with E-state index in [0.717, 1.165) is 24.0 Å². The number of hydrogen-bond acceptors (Lipinski definition) is 6. The van der Waals surface area contributed by atoms with Gasteiger partial charge in [0.05, 0.1) is 6.07 Å². The Hall–Kier alpha value is -3.01. The summed E-state index contributed by atoms with van der Waals surface area (Å²) in [5, 5.41) is 9.12. The molecular weight excluding hydrogens is 314 g/mol. The summed E-state index contributed by atoms with van der Waals surface area (Å²) in [6.45, 7) is 7.12. The van der Waals surface area contributed by atoms with Gasteiger partial charge in [0.25, 0.3) is 0 Å². The Labute approximate surface area is 148 Å². The van der Waals surface area contributed by atoms with Gasteiger partial charge in [-0.3, -0.25) is 0 Å². The number of aromatic nitrogens is 1. The van der Waals surface area contributed by atoms with E-state index in [1.165, 1.54) is 0 Å². The number of nitrogen functional groups attached to an aromatic ring is 1. The Morgan fingerprint density at radius 1 is 1.40 bits per heavy atom. The number of piperidine rings is 1. The summed E-state index contributed by atoms with van der Waals surface area (Å²) in [4.78, 5) is 10.7. The van der Waals surface area contributed by atoms with Gasteiger partial charge in [0.1, 0.15) is 17.5 Å². The fourth-order valence-corrected chi connectivity index (χ4v) is 2.83. The molecule has 6 N–H and O–H groups in total. The van der Waals surface area contributed by atoms with Crippen LogP contribution in [0.2, 0.25) is 0 Å². The van der Waals surface area contributed by atoms with E-state index < -0.39 is 0 Å². The molecule has 1 fully saturated rings. The van der Waals surface area contributed by atoms with Crippen LogP contribution in [0.5, 0.6) is 0 Å². The van der Waals surface area contributed by atoms with Crippen molar-refractivity contribution in [2.75, 3.05) is 18.8 Å². The summed E-state index contributed by atoms with van der Waals surface area (Å²) < 4.78 is 0. The second-order valence-electron chi connectivity index (χ2n) is 6.04. The molecule has 2 rings (SSSR count). The molecule has 7 heteroatoms. The van der Waals surface area contributed by atoms with Crippen LogP contribution >= 0.6 is 0 Å². The molecule has 0 saturated carbocycles. The lowest BCUT2D eigenvalue weighted by Gasteiger charge is -2.33. The number of pyridine rings is 1. The molecule has 0 aromatic carbocycles. The maximum Gasteiger partial charge on any atom is 0.140 e. The van der Waals surface area contributed by atoms with Crippen LogP contribution in [-0.2, 0) is 0 Å². The molecular formula is C18H25N7. The van der Waals surface area contributed by atoms with Gasteiger partial charge in [0.15, 0.2) is 0 Å². The first kappa shape index (κ1) is 18.3. The summed E-state index contributed by atoms with van der Waals surface area (Å²) in [6, 6.07) is 5.94. The average molecular weight is 339 g/mol. The van der Waals surface area contributed by atoms with E-state index in [1.807, 2.05) is 13.0 Å². The number of likely N-dealkylation sites (tertiary alicyclic amines) is 1. The predicted octanol–water partition coefficient (Wildman–Crippen LogP) is 1.81. The largest absolute Gasteiger partial charge is 0.401 e. The molecule has 1 aromatic heterocycles. The fraction of sp³-hybridized carbons (Fsp3) is 0.389. The minimum atomic E-state index is 0.0766. The van der Waals surface area contributed by atoms with Crippen molar-refractivity contribution in [3.05, 3.63) is 42.0 Å². The molecule has 1 saturated heterocycles. The minimum Gasteiger partial charge on any atom is -0.401 e. The van der Waals surface area contributed by atoms with Crippen molar-refractivity contribution in [1.29, 1.82) is 5.26 Å². The minimum absolute atomic E-state index is 0.0766. The van der Waals surface area contributed by atoms with E-state index in [9.17, 15) is 0 Å². The third-order valence-electron chi connectivity index (χ3n) is 4.23. The molecule has 7 nitrogen and oxygen atoms in total. The fourth-order valence-electron chi connectivity index (χ4n) is 2.83. The quantitative estimate of drug-likeness (QED) is 0.566. The van der Waals surface area contributed by atoms with Crippen LogP contribution in [-0.4, -0.2) is 28.8 Å². The van der Waals surface area contributed by atoms with Gasteiger partial charge in [-0.15, -0.1) is 0 Å². The average Bonchev–Trinajstić information content (AvgIpc) is 2.62. The highest BCUT2D eigenvalue weighted by molar-refractivity contribution is 6.23. The molecule has 2 heterocycles. The van der Waals surface area contributed by atoms with E-state index in [4.69, 9.17) is 22.5 Å². The first-order valence-corrected chi connectivity index (χ1v) is 8.34. The molecule has 0 radical (unpaired) electrons. The number of nitrogens with zero attached hydrogens (tertiary/aromatic N) is 4. The monoisotopic (exact) mass is 339 g/mol. The Morgan fingerprint density at radius 2 is 2.08 bits per heavy atom. The van der Waals surface area contributed by atoms with Gasteiger partial charge in [-0.05, 0) is 31.4 Å². The standard InChI is InChI=1S/C18H25N7/c1-3-15(21)17(14-4-5-16(22)23-11-14)18(24-12(2)20)25-8-6-13(10-19)7-9-25/h4-5,11,13H,2-3,6-9,20-21H2,1H3,(H2,22,23)/b17-15-,24-18+. The molecule has 0 bridgehead atoms. The zero-order valence-corrected chi connectivity index (χ0v) is 14.6. The van der Waals surface area contributed by atoms with Gasteiger partial charge in [0, 0.05) is 42.0 Å². The lowest BCUT2D eigenvalue weighted by Crippen LogP contribution is -2.39. The van der Waals surface area contributed by atoms with Crippen molar-refractivity contribution in [1.82, 2.24) is 9.88 Å². The highest BCUT2D eigenvalue weighted by atomic mass is 15.2. The first-order valence-electron chi connectivity index (χ1n) is 8.34. The summed E-state index contributed by atoms with van der Waals surface area (Å²) in [6.07, 6.45) is 3.91. The van der Waals surface area contributed by atoms with E-state index >= 15 is 0 Å². The number of amidine groups is 1. The maximum atomic E-state index is 9.12. The third-order valence-corrected chi connectivity index (χ3v) is 4.23. The highest BCUT2D eigenvalue weighted by Crippen LogP contribution is 2.26. The van der Waals surface area contributed by atoms with Gasteiger partial charge in [-0.1, -0.05) is 13.5 Å². The molecule has 0 spiro atoms. The number of nitrogens with two attached hydrogens (primary N) is 3. The third kappa shape index (κ3) is 4.51. The maximum absolute atomic E-state index is 9.12. The number of aliphatic imine (C=N–C) groups is 1. The number of anilines is 1. The van der Waals surface area contributed by atoms with Gasteiger partial charge in [0.2, 0.25) is 0 Å². The predicted molar refractivity (Wildman–Crippen MR) is 101 cm³/mol. The van der Waals surface area contributed by atoms with Crippen molar-refractivity contribution < 1.29 is 0 Å². The Balaban J connectivity index is 2.47.